The summed E-state index contributed by atoms with van der Waals surface area (Å²) in [6.07, 6.45) is 0.120. The first-order valence-corrected chi connectivity index (χ1v) is 11.9. The fourth-order valence-corrected chi connectivity index (χ4v) is 4.93. The van der Waals surface area contributed by atoms with E-state index in [1.807, 2.05) is 38.1 Å². The second-order valence-electron chi connectivity index (χ2n) is 9.93. The molecule has 0 saturated carbocycles. The van der Waals surface area contributed by atoms with E-state index >= 15 is 0 Å². The SMILES string of the molecule is CN(C(=O)CCC(C)(C)NC(=O)OCC1c2ccccc2-c2ccccc21)C1(C(=O)O)CCOC1. The Bertz CT molecular complexity index is 1080. The third-order valence-electron chi connectivity index (χ3n) is 7.16. The second-order valence-corrected chi connectivity index (χ2v) is 9.93. The molecule has 1 aliphatic heterocycles. The summed E-state index contributed by atoms with van der Waals surface area (Å²) < 4.78 is 10.9. The molecule has 35 heavy (non-hydrogen) atoms. The smallest absolute Gasteiger partial charge is 0.407 e. The predicted molar refractivity (Wildman–Crippen MR) is 130 cm³/mol. The van der Waals surface area contributed by atoms with Gasteiger partial charge in [0, 0.05) is 38.0 Å². The number of carboxylic acid groups (broad SMARTS) is 1. The predicted octanol–water partition coefficient (Wildman–Crippen LogP) is 3.79. The lowest BCUT2D eigenvalue weighted by Gasteiger charge is -2.34. The Balaban J connectivity index is 1.32. The maximum Gasteiger partial charge on any atom is 0.407 e. The lowest BCUT2D eigenvalue weighted by atomic mass is 9.94. The molecule has 2 aliphatic rings. The van der Waals surface area contributed by atoms with Gasteiger partial charge in [0.25, 0.3) is 0 Å². The van der Waals surface area contributed by atoms with Gasteiger partial charge in [0.15, 0.2) is 5.54 Å². The quantitative estimate of drug-likeness (QED) is 0.596. The molecule has 2 N–H and O–H groups in total. The third-order valence-corrected chi connectivity index (χ3v) is 7.16. The first-order valence-electron chi connectivity index (χ1n) is 11.9. The van der Waals surface area contributed by atoms with Gasteiger partial charge in [0.2, 0.25) is 5.91 Å². The van der Waals surface area contributed by atoms with Crippen LogP contribution in [0.4, 0.5) is 4.79 Å². The number of fused-ring (bicyclic) bond motifs is 3. The number of carbonyl (C=O) groups is 3. The average Bonchev–Trinajstić information content (AvgIpc) is 3.45. The molecule has 1 atom stereocenters. The van der Waals surface area contributed by atoms with Crippen molar-refractivity contribution in [2.24, 2.45) is 0 Å². The maximum atomic E-state index is 12.8. The van der Waals surface area contributed by atoms with Crippen molar-refractivity contribution < 1.29 is 29.0 Å². The van der Waals surface area contributed by atoms with Gasteiger partial charge in [-0.3, -0.25) is 4.79 Å². The Kier molecular flexibility index (Phi) is 6.85. The van der Waals surface area contributed by atoms with Crippen molar-refractivity contribution in [2.75, 3.05) is 26.9 Å². The van der Waals surface area contributed by atoms with E-state index in [4.69, 9.17) is 9.47 Å². The highest BCUT2D eigenvalue weighted by molar-refractivity contribution is 5.87. The second kappa shape index (κ2) is 9.70. The van der Waals surface area contributed by atoms with Gasteiger partial charge >= 0.3 is 12.1 Å². The summed E-state index contributed by atoms with van der Waals surface area (Å²) in [5.74, 6) is -1.41. The molecular weight excluding hydrogens is 448 g/mol. The summed E-state index contributed by atoms with van der Waals surface area (Å²) in [5, 5.41) is 12.5. The van der Waals surface area contributed by atoms with Crippen LogP contribution in [0.5, 0.6) is 0 Å². The number of ether oxygens (including phenoxy) is 2. The van der Waals surface area contributed by atoms with E-state index in [2.05, 4.69) is 29.6 Å². The van der Waals surface area contributed by atoms with Crippen LogP contribution in [0.25, 0.3) is 11.1 Å². The van der Waals surface area contributed by atoms with Crippen LogP contribution in [-0.2, 0) is 19.1 Å². The van der Waals surface area contributed by atoms with Crippen LogP contribution in [0, 0.1) is 0 Å². The van der Waals surface area contributed by atoms with E-state index in [9.17, 15) is 19.5 Å². The zero-order valence-corrected chi connectivity index (χ0v) is 20.4. The highest BCUT2D eigenvalue weighted by Gasteiger charge is 2.48. The molecular formula is C27H32N2O6. The topological polar surface area (TPSA) is 105 Å². The molecule has 2 aromatic rings. The van der Waals surface area contributed by atoms with Gasteiger partial charge in [0.1, 0.15) is 6.61 Å². The number of likely N-dealkylation sites (N-methyl/N-ethyl adjacent to an activating group) is 1. The summed E-state index contributed by atoms with van der Waals surface area (Å²) >= 11 is 0. The summed E-state index contributed by atoms with van der Waals surface area (Å²) in [7, 11) is 1.50. The van der Waals surface area contributed by atoms with Crippen LogP contribution in [0.15, 0.2) is 48.5 Å². The first-order chi connectivity index (χ1) is 16.6. The molecule has 0 spiro atoms. The van der Waals surface area contributed by atoms with Gasteiger partial charge in [0.05, 0.1) is 6.61 Å². The normalized spacial score (nSPS) is 19.1. The standard InChI is InChI=1S/C27H32N2O6/c1-26(2,13-12-23(30)29(3)27(24(31)32)14-15-34-17-27)28-25(33)35-16-22-20-10-6-4-8-18(20)19-9-5-7-11-21(19)22/h4-11,22H,12-17H2,1-3H3,(H,28,33)(H,31,32). The molecule has 2 aromatic carbocycles. The number of aliphatic carboxylic acids is 1. The number of alkyl carbamates (subject to hydrolysis) is 1. The number of hydrogen-bond donors (Lipinski definition) is 2. The number of nitrogens with zero attached hydrogens (tertiary/aromatic N) is 1. The fraction of sp³-hybridized carbons (Fsp3) is 0.444. The monoisotopic (exact) mass is 480 g/mol. The summed E-state index contributed by atoms with van der Waals surface area (Å²) in [6.45, 7) is 4.12. The van der Waals surface area contributed by atoms with E-state index in [1.54, 1.807) is 0 Å². The van der Waals surface area contributed by atoms with Gasteiger partial charge in [-0.25, -0.2) is 9.59 Å². The Morgan fingerprint density at radius 3 is 2.26 bits per heavy atom. The lowest BCUT2D eigenvalue weighted by Crippen LogP contribution is -2.56. The van der Waals surface area contributed by atoms with Gasteiger partial charge in [-0.2, -0.15) is 0 Å². The van der Waals surface area contributed by atoms with Crippen LogP contribution in [-0.4, -0.2) is 65.9 Å². The zero-order chi connectivity index (χ0) is 25.2. The van der Waals surface area contributed by atoms with Crippen LogP contribution in [0.1, 0.15) is 50.2 Å². The lowest BCUT2D eigenvalue weighted by molar-refractivity contribution is -0.158. The minimum Gasteiger partial charge on any atom is -0.479 e. The number of nitrogens with one attached hydrogen (secondary N) is 1. The minimum atomic E-state index is -1.33. The molecule has 1 heterocycles. The van der Waals surface area contributed by atoms with Crippen molar-refractivity contribution >= 4 is 18.0 Å². The molecule has 4 rings (SSSR count). The molecule has 1 aliphatic carbocycles. The van der Waals surface area contributed by atoms with Gasteiger partial charge < -0.3 is 24.8 Å². The fourth-order valence-electron chi connectivity index (χ4n) is 4.93. The van der Waals surface area contributed by atoms with Gasteiger partial charge in [-0.15, -0.1) is 0 Å². The van der Waals surface area contributed by atoms with Gasteiger partial charge in [-0.05, 0) is 42.5 Å². The first kappa shape index (κ1) is 24.7. The van der Waals surface area contributed by atoms with E-state index in [-0.39, 0.29) is 37.9 Å². The largest absolute Gasteiger partial charge is 0.479 e. The van der Waals surface area contributed by atoms with Crippen LogP contribution >= 0.6 is 0 Å². The van der Waals surface area contributed by atoms with Crippen molar-refractivity contribution in [2.45, 2.75) is 50.1 Å². The van der Waals surface area contributed by atoms with Crippen LogP contribution < -0.4 is 5.32 Å². The van der Waals surface area contributed by atoms with Gasteiger partial charge in [-0.1, -0.05) is 48.5 Å². The molecule has 186 valence electrons. The Morgan fingerprint density at radius 1 is 1.11 bits per heavy atom. The molecule has 1 unspecified atom stereocenters. The van der Waals surface area contributed by atoms with E-state index in [0.29, 0.717) is 13.0 Å². The van der Waals surface area contributed by atoms with Crippen LogP contribution in [0.3, 0.4) is 0 Å². The third kappa shape index (κ3) is 4.89. The molecule has 8 heteroatoms. The van der Waals surface area contributed by atoms with Crippen molar-refractivity contribution in [1.29, 1.82) is 0 Å². The summed E-state index contributed by atoms with van der Waals surface area (Å²) in [4.78, 5) is 38.5. The minimum absolute atomic E-state index is 0.0219. The van der Waals surface area contributed by atoms with Crippen molar-refractivity contribution in [3.63, 3.8) is 0 Å². The van der Waals surface area contributed by atoms with Crippen molar-refractivity contribution in [3.8, 4) is 11.1 Å². The van der Waals surface area contributed by atoms with E-state index in [0.717, 1.165) is 22.3 Å². The Morgan fingerprint density at radius 2 is 1.71 bits per heavy atom. The number of amides is 2. The number of rotatable bonds is 8. The van der Waals surface area contributed by atoms with E-state index < -0.39 is 23.1 Å². The number of carbonyl (C=O) groups excluding carboxylic acids is 2. The highest BCUT2D eigenvalue weighted by Crippen LogP contribution is 2.44. The number of carboxylic acids is 1. The molecule has 0 radical (unpaired) electrons. The van der Waals surface area contributed by atoms with Crippen molar-refractivity contribution in [1.82, 2.24) is 10.2 Å². The number of benzene rings is 2. The summed E-state index contributed by atoms with van der Waals surface area (Å²) in [6, 6.07) is 16.3. The maximum absolute atomic E-state index is 12.8. The van der Waals surface area contributed by atoms with Crippen LogP contribution in [0.2, 0.25) is 0 Å². The Labute approximate surface area is 205 Å². The molecule has 0 bridgehead atoms. The summed E-state index contributed by atoms with van der Waals surface area (Å²) in [5.41, 5.74) is 2.54. The molecule has 2 amide bonds. The molecule has 1 fully saturated rings. The molecule has 0 aromatic heterocycles. The zero-order valence-electron chi connectivity index (χ0n) is 20.4. The highest BCUT2D eigenvalue weighted by atomic mass is 16.5. The molecule has 1 saturated heterocycles. The van der Waals surface area contributed by atoms with E-state index in [1.165, 1.54) is 11.9 Å². The van der Waals surface area contributed by atoms with Crippen molar-refractivity contribution in [3.05, 3.63) is 59.7 Å². The molecule has 8 nitrogen and oxygen atoms in total. The number of hydrogen-bond acceptors (Lipinski definition) is 5. The average molecular weight is 481 g/mol. The Hall–Kier alpha value is -3.39.